The zero-order valence-corrected chi connectivity index (χ0v) is 23.8. The maximum atomic E-state index is 13.8. The van der Waals surface area contributed by atoms with Crippen LogP contribution < -0.4 is 14.8 Å². The highest BCUT2D eigenvalue weighted by Crippen LogP contribution is 2.26. The lowest BCUT2D eigenvalue weighted by Crippen LogP contribution is -2.55. The van der Waals surface area contributed by atoms with E-state index < -0.39 is 11.6 Å². The average Bonchev–Trinajstić information content (AvgIpc) is 2.87. The largest absolute Gasteiger partial charge is 0.497 e. The molecule has 0 aliphatic rings. The molecule has 0 saturated carbocycles. The lowest BCUT2D eigenvalue weighted by molar-refractivity contribution is -0.143. The van der Waals surface area contributed by atoms with E-state index in [0.717, 1.165) is 22.3 Å². The van der Waals surface area contributed by atoms with Crippen molar-refractivity contribution in [1.82, 2.24) is 10.2 Å². The van der Waals surface area contributed by atoms with Gasteiger partial charge in [0.25, 0.3) is 5.91 Å². The van der Waals surface area contributed by atoms with Gasteiger partial charge in [-0.15, -0.1) is 0 Å². The molecule has 0 spiro atoms. The van der Waals surface area contributed by atoms with E-state index in [0.29, 0.717) is 22.9 Å². The smallest absolute Gasteiger partial charge is 0.261 e. The molecule has 2 amide bonds. The van der Waals surface area contributed by atoms with Gasteiger partial charge in [0.15, 0.2) is 6.61 Å². The van der Waals surface area contributed by atoms with Gasteiger partial charge in [0, 0.05) is 23.5 Å². The molecule has 3 rings (SSSR count). The second-order valence-corrected chi connectivity index (χ2v) is 10.9. The van der Waals surface area contributed by atoms with E-state index in [2.05, 4.69) is 5.32 Å². The molecule has 0 radical (unpaired) electrons. The summed E-state index contributed by atoms with van der Waals surface area (Å²) in [5, 5.41) is 3.74. The summed E-state index contributed by atoms with van der Waals surface area (Å²) < 4.78 is 11.3. The number of rotatable bonds is 10. The number of ether oxygens (including phenoxy) is 2. The van der Waals surface area contributed by atoms with Gasteiger partial charge >= 0.3 is 0 Å². The third-order valence-corrected chi connectivity index (χ3v) is 6.62. The number of amides is 2. The predicted molar refractivity (Wildman–Crippen MR) is 152 cm³/mol. The molecular formula is C31H37ClN2O4. The minimum absolute atomic E-state index is 0.215. The Bertz CT molecular complexity index is 1230. The SMILES string of the molecule is COc1cccc(CN(C(=O)COc2cc(C)c(Cl)c(C)c2)[C@H](Cc2ccccc2)C(=O)NC(C)(C)C)c1. The van der Waals surface area contributed by atoms with Crippen molar-refractivity contribution in [3.8, 4) is 11.5 Å². The Balaban J connectivity index is 1.96. The normalized spacial score (nSPS) is 12.0. The quantitative estimate of drug-likeness (QED) is 0.350. The van der Waals surface area contributed by atoms with Crippen molar-refractivity contribution < 1.29 is 19.1 Å². The summed E-state index contributed by atoms with van der Waals surface area (Å²) in [5.74, 6) is 0.702. The Hall–Kier alpha value is -3.51. The summed E-state index contributed by atoms with van der Waals surface area (Å²) in [5.41, 5.74) is 3.07. The molecule has 3 aromatic rings. The van der Waals surface area contributed by atoms with Gasteiger partial charge in [-0.2, -0.15) is 0 Å². The maximum Gasteiger partial charge on any atom is 0.261 e. The van der Waals surface area contributed by atoms with E-state index >= 15 is 0 Å². The first-order valence-electron chi connectivity index (χ1n) is 12.6. The van der Waals surface area contributed by atoms with Crippen molar-refractivity contribution in [2.24, 2.45) is 0 Å². The van der Waals surface area contributed by atoms with Gasteiger partial charge in [0.1, 0.15) is 17.5 Å². The molecule has 0 saturated heterocycles. The summed E-state index contributed by atoms with van der Waals surface area (Å²) in [6, 6.07) is 20.1. The first-order valence-corrected chi connectivity index (χ1v) is 13.0. The first-order chi connectivity index (χ1) is 18.0. The number of methoxy groups -OCH3 is 1. The summed E-state index contributed by atoms with van der Waals surface area (Å²) in [6.07, 6.45) is 0.359. The van der Waals surface area contributed by atoms with Crippen LogP contribution in [0.5, 0.6) is 11.5 Å². The molecule has 1 N–H and O–H groups in total. The number of hydrogen-bond donors (Lipinski definition) is 1. The highest BCUT2D eigenvalue weighted by Gasteiger charge is 2.32. The Morgan fingerprint density at radius 1 is 0.921 bits per heavy atom. The number of carbonyl (C=O) groups is 2. The summed E-state index contributed by atoms with van der Waals surface area (Å²) in [6.45, 7) is 9.55. The number of hydrogen-bond acceptors (Lipinski definition) is 4. The van der Waals surface area contributed by atoms with E-state index in [1.165, 1.54) is 0 Å². The molecule has 0 aromatic heterocycles. The van der Waals surface area contributed by atoms with Gasteiger partial charge in [-0.1, -0.05) is 54.1 Å². The van der Waals surface area contributed by atoms with Gasteiger partial charge < -0.3 is 19.7 Å². The number of benzene rings is 3. The lowest BCUT2D eigenvalue weighted by Gasteiger charge is -2.33. The lowest BCUT2D eigenvalue weighted by atomic mass is 10.0. The molecule has 3 aromatic carbocycles. The van der Waals surface area contributed by atoms with Gasteiger partial charge in [0.2, 0.25) is 5.91 Å². The minimum Gasteiger partial charge on any atom is -0.497 e. The molecule has 0 aliphatic carbocycles. The Morgan fingerprint density at radius 2 is 1.55 bits per heavy atom. The van der Waals surface area contributed by atoms with Gasteiger partial charge in [-0.05, 0) is 81.1 Å². The van der Waals surface area contributed by atoms with E-state index in [4.69, 9.17) is 21.1 Å². The Kier molecular flexibility index (Phi) is 9.81. The van der Waals surface area contributed by atoms with Crippen LogP contribution in [0.15, 0.2) is 66.7 Å². The van der Waals surface area contributed by atoms with Crippen molar-refractivity contribution in [2.45, 2.75) is 59.2 Å². The van der Waals surface area contributed by atoms with Crippen LogP contribution in [0.3, 0.4) is 0 Å². The van der Waals surface area contributed by atoms with E-state index in [1.807, 2.05) is 101 Å². The van der Waals surface area contributed by atoms with E-state index in [9.17, 15) is 9.59 Å². The molecule has 6 nitrogen and oxygen atoms in total. The zero-order valence-electron chi connectivity index (χ0n) is 23.0. The molecule has 0 bridgehead atoms. The number of halogens is 1. The van der Waals surface area contributed by atoms with Crippen LogP contribution >= 0.6 is 11.6 Å². The maximum absolute atomic E-state index is 13.8. The van der Waals surface area contributed by atoms with Crippen molar-refractivity contribution in [3.63, 3.8) is 0 Å². The Morgan fingerprint density at radius 3 is 2.16 bits per heavy atom. The molecule has 202 valence electrons. The van der Waals surface area contributed by atoms with Crippen molar-refractivity contribution in [2.75, 3.05) is 13.7 Å². The van der Waals surface area contributed by atoms with Crippen LogP contribution in [0, 0.1) is 13.8 Å². The standard InChI is InChI=1S/C31H37ClN2O4/c1-21-15-26(16-22(2)29(21)32)38-20-28(35)34(19-24-13-10-14-25(17-24)37-6)27(30(36)33-31(3,4)5)18-23-11-8-7-9-12-23/h7-17,27H,18-20H2,1-6H3,(H,33,36)/t27-/m1/s1. The average molecular weight is 537 g/mol. The molecule has 7 heteroatoms. The van der Waals surface area contributed by atoms with Crippen LogP contribution in [0.1, 0.15) is 43.0 Å². The molecule has 38 heavy (non-hydrogen) atoms. The van der Waals surface area contributed by atoms with Gasteiger partial charge in [-0.25, -0.2) is 0 Å². The third-order valence-electron chi connectivity index (χ3n) is 6.03. The van der Waals surface area contributed by atoms with Gasteiger partial charge in [-0.3, -0.25) is 9.59 Å². The summed E-state index contributed by atoms with van der Waals surface area (Å²) in [7, 11) is 1.60. The fourth-order valence-electron chi connectivity index (χ4n) is 4.19. The molecule has 1 atom stereocenters. The number of aryl methyl sites for hydroxylation is 2. The molecule has 0 unspecified atom stereocenters. The van der Waals surface area contributed by atoms with E-state index in [1.54, 1.807) is 12.0 Å². The topological polar surface area (TPSA) is 67.9 Å². The second kappa shape index (κ2) is 12.8. The monoisotopic (exact) mass is 536 g/mol. The van der Waals surface area contributed by atoms with Crippen LogP contribution in [0.25, 0.3) is 0 Å². The molecule has 0 fully saturated rings. The number of nitrogens with one attached hydrogen (secondary N) is 1. The minimum atomic E-state index is -0.757. The predicted octanol–water partition coefficient (Wildman–Crippen LogP) is 5.90. The fourth-order valence-corrected chi connectivity index (χ4v) is 4.30. The summed E-state index contributed by atoms with van der Waals surface area (Å²) >= 11 is 6.30. The molecule has 0 heterocycles. The first kappa shape index (κ1) is 29.1. The highest BCUT2D eigenvalue weighted by atomic mass is 35.5. The van der Waals surface area contributed by atoms with Gasteiger partial charge in [0.05, 0.1) is 7.11 Å². The number of carbonyl (C=O) groups excluding carboxylic acids is 2. The fraction of sp³-hybridized carbons (Fsp3) is 0.355. The number of nitrogens with zero attached hydrogens (tertiary/aromatic N) is 1. The highest BCUT2D eigenvalue weighted by molar-refractivity contribution is 6.32. The summed E-state index contributed by atoms with van der Waals surface area (Å²) in [4.78, 5) is 29.0. The van der Waals surface area contributed by atoms with Crippen molar-refractivity contribution >= 4 is 23.4 Å². The molecule has 0 aliphatic heterocycles. The van der Waals surface area contributed by atoms with Crippen molar-refractivity contribution in [3.05, 3.63) is 94.0 Å². The van der Waals surface area contributed by atoms with Crippen LogP contribution in [-0.4, -0.2) is 42.0 Å². The van der Waals surface area contributed by atoms with Crippen LogP contribution in [0.2, 0.25) is 5.02 Å². The third kappa shape index (κ3) is 8.25. The zero-order chi connectivity index (χ0) is 27.9. The Labute approximate surface area is 230 Å². The van der Waals surface area contributed by atoms with Crippen molar-refractivity contribution in [1.29, 1.82) is 0 Å². The van der Waals surface area contributed by atoms with Crippen LogP contribution in [-0.2, 0) is 22.6 Å². The van der Waals surface area contributed by atoms with E-state index in [-0.39, 0.29) is 25.0 Å². The second-order valence-electron chi connectivity index (χ2n) is 10.5. The van der Waals surface area contributed by atoms with Crippen LogP contribution in [0.4, 0.5) is 0 Å². The molecular weight excluding hydrogens is 500 g/mol.